The molecule has 5 nitrogen and oxygen atoms in total. The van der Waals surface area contributed by atoms with Gasteiger partial charge in [0.2, 0.25) is 0 Å². The molecule has 1 aromatic rings. The zero-order valence-corrected chi connectivity index (χ0v) is 12.7. The van der Waals surface area contributed by atoms with E-state index in [9.17, 15) is 9.59 Å². The van der Waals surface area contributed by atoms with Crippen LogP contribution in [0.3, 0.4) is 0 Å². The third-order valence-electron chi connectivity index (χ3n) is 3.48. The molecular weight excluding hydrogens is 282 g/mol. The zero-order chi connectivity index (χ0) is 15.8. The standard InChI is InChI=1S/C17H21NO4/c1-2-21-16(19)11-10-15-9-6-12-18(15)17(20)22-13-14-7-4-3-5-8-14/h3-5,7-8,10-11,15H,2,6,9,12-13H2,1H3/t15-/m1/s1. The number of nitrogens with zero attached hydrogens (tertiary/aromatic N) is 1. The topological polar surface area (TPSA) is 55.8 Å². The lowest BCUT2D eigenvalue weighted by molar-refractivity contribution is -0.137. The highest BCUT2D eigenvalue weighted by atomic mass is 16.6. The first-order chi connectivity index (χ1) is 10.7. The van der Waals surface area contributed by atoms with Gasteiger partial charge in [0.15, 0.2) is 0 Å². The van der Waals surface area contributed by atoms with Crippen molar-refractivity contribution in [2.45, 2.75) is 32.4 Å². The number of hydrogen-bond donors (Lipinski definition) is 0. The van der Waals surface area contributed by atoms with Crippen LogP contribution in [-0.2, 0) is 20.9 Å². The summed E-state index contributed by atoms with van der Waals surface area (Å²) >= 11 is 0. The van der Waals surface area contributed by atoms with Gasteiger partial charge >= 0.3 is 12.1 Å². The molecule has 0 aliphatic carbocycles. The Hall–Kier alpha value is -2.30. The Morgan fingerprint density at radius 1 is 1.27 bits per heavy atom. The van der Waals surface area contributed by atoms with Gasteiger partial charge in [0, 0.05) is 12.6 Å². The van der Waals surface area contributed by atoms with E-state index < -0.39 is 0 Å². The molecule has 0 unspecified atom stereocenters. The van der Waals surface area contributed by atoms with Gasteiger partial charge in [-0.3, -0.25) is 0 Å². The molecule has 5 heteroatoms. The highest BCUT2D eigenvalue weighted by Crippen LogP contribution is 2.20. The van der Waals surface area contributed by atoms with Crippen molar-refractivity contribution >= 4 is 12.1 Å². The maximum absolute atomic E-state index is 12.2. The summed E-state index contributed by atoms with van der Waals surface area (Å²) in [5.41, 5.74) is 0.952. The van der Waals surface area contributed by atoms with E-state index in [1.54, 1.807) is 17.9 Å². The highest BCUT2D eigenvalue weighted by molar-refractivity contribution is 5.82. The van der Waals surface area contributed by atoms with Crippen LogP contribution in [0, 0.1) is 0 Å². The summed E-state index contributed by atoms with van der Waals surface area (Å²) in [7, 11) is 0. The molecule has 1 amide bonds. The average Bonchev–Trinajstić information content (AvgIpc) is 3.00. The Labute approximate surface area is 130 Å². The van der Waals surface area contributed by atoms with Crippen LogP contribution in [0.2, 0.25) is 0 Å². The van der Waals surface area contributed by atoms with Crippen LogP contribution in [0.25, 0.3) is 0 Å². The van der Waals surface area contributed by atoms with Crippen molar-refractivity contribution in [3.8, 4) is 0 Å². The van der Waals surface area contributed by atoms with Crippen molar-refractivity contribution in [2.75, 3.05) is 13.2 Å². The van der Waals surface area contributed by atoms with Gasteiger partial charge < -0.3 is 14.4 Å². The zero-order valence-electron chi connectivity index (χ0n) is 12.7. The number of carbonyl (C=O) groups excluding carboxylic acids is 2. The van der Waals surface area contributed by atoms with E-state index in [0.29, 0.717) is 13.2 Å². The summed E-state index contributed by atoms with van der Waals surface area (Å²) in [5, 5.41) is 0. The van der Waals surface area contributed by atoms with Gasteiger partial charge in [-0.2, -0.15) is 0 Å². The smallest absolute Gasteiger partial charge is 0.410 e. The number of ether oxygens (including phenoxy) is 2. The first-order valence-electron chi connectivity index (χ1n) is 7.53. The van der Waals surface area contributed by atoms with Crippen molar-refractivity contribution in [3.63, 3.8) is 0 Å². The summed E-state index contributed by atoms with van der Waals surface area (Å²) in [5.74, 6) is -0.382. The Bertz CT molecular complexity index is 527. The summed E-state index contributed by atoms with van der Waals surface area (Å²) in [6.07, 6.45) is 4.49. The number of esters is 1. The molecule has 1 atom stereocenters. The quantitative estimate of drug-likeness (QED) is 0.620. The second kappa shape index (κ2) is 8.22. The molecule has 0 radical (unpaired) electrons. The lowest BCUT2D eigenvalue weighted by Gasteiger charge is -2.21. The third kappa shape index (κ3) is 4.62. The molecule has 1 fully saturated rings. The molecular formula is C17H21NO4. The highest BCUT2D eigenvalue weighted by Gasteiger charge is 2.28. The minimum atomic E-state index is -0.382. The molecule has 1 heterocycles. The van der Waals surface area contributed by atoms with Gasteiger partial charge in [0.05, 0.1) is 12.6 Å². The molecule has 0 bridgehead atoms. The minimum absolute atomic E-state index is 0.104. The number of carbonyl (C=O) groups is 2. The SMILES string of the molecule is CCOC(=O)C=C[C@H]1CCCN1C(=O)OCc1ccccc1. The van der Waals surface area contributed by atoms with Crippen molar-refractivity contribution in [3.05, 3.63) is 48.0 Å². The Kier molecular flexibility index (Phi) is 6.01. The molecule has 1 aliphatic heterocycles. The fraction of sp³-hybridized carbons (Fsp3) is 0.412. The number of hydrogen-bond acceptors (Lipinski definition) is 4. The van der Waals surface area contributed by atoms with Gasteiger partial charge in [0.1, 0.15) is 6.61 Å². The maximum atomic E-state index is 12.2. The van der Waals surface area contributed by atoms with E-state index in [1.165, 1.54) is 6.08 Å². The van der Waals surface area contributed by atoms with Crippen molar-refractivity contribution < 1.29 is 19.1 Å². The Balaban J connectivity index is 1.86. The Morgan fingerprint density at radius 2 is 2.05 bits per heavy atom. The summed E-state index contributed by atoms with van der Waals surface area (Å²) in [6.45, 7) is 3.00. The molecule has 2 rings (SSSR count). The van der Waals surface area contributed by atoms with Gasteiger partial charge in [-0.15, -0.1) is 0 Å². The van der Waals surface area contributed by atoms with E-state index in [2.05, 4.69) is 0 Å². The van der Waals surface area contributed by atoms with Crippen molar-refractivity contribution in [1.82, 2.24) is 4.90 Å². The van der Waals surface area contributed by atoms with Crippen LogP contribution in [0.5, 0.6) is 0 Å². The first kappa shape index (κ1) is 16.1. The molecule has 0 N–H and O–H groups in total. The van der Waals surface area contributed by atoms with Crippen LogP contribution in [-0.4, -0.2) is 36.2 Å². The van der Waals surface area contributed by atoms with Crippen LogP contribution in [0.15, 0.2) is 42.5 Å². The molecule has 0 saturated carbocycles. The number of rotatable bonds is 5. The maximum Gasteiger partial charge on any atom is 0.410 e. The molecule has 1 aliphatic rings. The average molecular weight is 303 g/mol. The van der Waals surface area contributed by atoms with Gasteiger partial charge in [-0.1, -0.05) is 36.4 Å². The van der Waals surface area contributed by atoms with Gasteiger partial charge in [0.25, 0.3) is 0 Å². The molecule has 118 valence electrons. The summed E-state index contributed by atoms with van der Waals surface area (Å²) in [4.78, 5) is 25.1. The van der Waals surface area contributed by atoms with Crippen molar-refractivity contribution in [1.29, 1.82) is 0 Å². The number of amides is 1. The van der Waals surface area contributed by atoms with Crippen LogP contribution < -0.4 is 0 Å². The first-order valence-corrected chi connectivity index (χ1v) is 7.53. The van der Waals surface area contributed by atoms with Crippen molar-refractivity contribution in [2.24, 2.45) is 0 Å². The second-order valence-corrected chi connectivity index (χ2v) is 5.05. The summed E-state index contributed by atoms with van der Waals surface area (Å²) in [6, 6.07) is 9.45. The largest absolute Gasteiger partial charge is 0.463 e. The predicted molar refractivity (Wildman–Crippen MR) is 82.1 cm³/mol. The minimum Gasteiger partial charge on any atom is -0.463 e. The van der Waals surface area contributed by atoms with Crippen LogP contribution in [0.1, 0.15) is 25.3 Å². The monoisotopic (exact) mass is 303 g/mol. The lowest BCUT2D eigenvalue weighted by Crippen LogP contribution is -2.34. The molecule has 22 heavy (non-hydrogen) atoms. The Morgan fingerprint density at radius 3 is 2.77 bits per heavy atom. The predicted octanol–water partition coefficient (Wildman–Crippen LogP) is 2.91. The summed E-state index contributed by atoms with van der Waals surface area (Å²) < 4.78 is 10.2. The molecule has 0 aromatic heterocycles. The van der Waals surface area contributed by atoms with E-state index in [-0.39, 0.29) is 24.7 Å². The van der Waals surface area contributed by atoms with E-state index >= 15 is 0 Å². The molecule has 1 aromatic carbocycles. The van der Waals surface area contributed by atoms with E-state index in [1.807, 2.05) is 30.3 Å². The van der Waals surface area contributed by atoms with E-state index in [0.717, 1.165) is 18.4 Å². The van der Waals surface area contributed by atoms with Crippen LogP contribution in [0.4, 0.5) is 4.79 Å². The second-order valence-electron chi connectivity index (χ2n) is 5.05. The van der Waals surface area contributed by atoms with Gasteiger partial charge in [-0.25, -0.2) is 9.59 Å². The van der Waals surface area contributed by atoms with Gasteiger partial charge in [-0.05, 0) is 25.3 Å². The number of likely N-dealkylation sites (tertiary alicyclic amines) is 1. The van der Waals surface area contributed by atoms with Crippen LogP contribution >= 0.6 is 0 Å². The molecule has 0 spiro atoms. The normalized spacial score (nSPS) is 17.7. The lowest BCUT2D eigenvalue weighted by atomic mass is 10.2. The number of benzene rings is 1. The third-order valence-corrected chi connectivity index (χ3v) is 3.48. The van der Waals surface area contributed by atoms with E-state index in [4.69, 9.17) is 9.47 Å². The fourth-order valence-corrected chi connectivity index (χ4v) is 2.40. The fourth-order valence-electron chi connectivity index (χ4n) is 2.40. The molecule has 1 saturated heterocycles.